The molecule has 0 saturated carbocycles. The summed E-state index contributed by atoms with van der Waals surface area (Å²) in [6.45, 7) is 9.54. The summed E-state index contributed by atoms with van der Waals surface area (Å²) < 4.78 is 0. The predicted molar refractivity (Wildman–Crippen MR) is 69.0 cm³/mol. The summed E-state index contributed by atoms with van der Waals surface area (Å²) in [7, 11) is 0. The van der Waals surface area contributed by atoms with E-state index < -0.39 is 17.0 Å². The molecule has 4 nitrogen and oxygen atoms in total. The van der Waals surface area contributed by atoms with E-state index in [2.05, 4.69) is 19.2 Å². The molecule has 0 rings (SSSR count). The molecule has 2 atom stereocenters. The van der Waals surface area contributed by atoms with Gasteiger partial charge in [-0.15, -0.1) is 0 Å². The molecular weight excluding hydrogens is 218 g/mol. The Balaban J connectivity index is 5.02. The normalized spacial score (nSPS) is 17.5. The van der Waals surface area contributed by atoms with Crippen LogP contribution < -0.4 is 5.32 Å². The fourth-order valence-electron chi connectivity index (χ4n) is 2.00. The molecule has 4 heteroatoms. The van der Waals surface area contributed by atoms with Crippen LogP contribution in [0, 0.1) is 5.92 Å². The van der Waals surface area contributed by atoms with E-state index in [1.54, 1.807) is 0 Å². The molecule has 2 unspecified atom stereocenters. The van der Waals surface area contributed by atoms with Gasteiger partial charge in [0.2, 0.25) is 0 Å². The van der Waals surface area contributed by atoms with Crippen molar-refractivity contribution in [2.75, 3.05) is 6.61 Å². The Bertz CT molecular complexity index is 253. The standard InChI is InChI=1S/C13H27NO3/c1-6-10(3)8-13(7-2,11(16)17)14-12(4,5)9-15/h10,14-15H,6-9H2,1-5H3,(H,16,17). The molecule has 0 aromatic heterocycles. The minimum atomic E-state index is -0.943. The number of rotatable bonds is 8. The number of nitrogens with one attached hydrogen (secondary N) is 1. The number of carboxylic acid groups (broad SMARTS) is 1. The summed E-state index contributed by atoms with van der Waals surface area (Å²) in [5.41, 5.74) is -1.52. The summed E-state index contributed by atoms with van der Waals surface area (Å²) in [5, 5.41) is 21.9. The Labute approximate surface area is 104 Å². The molecule has 0 heterocycles. The van der Waals surface area contributed by atoms with Crippen molar-refractivity contribution in [1.29, 1.82) is 0 Å². The van der Waals surface area contributed by atoms with Gasteiger partial charge in [0.15, 0.2) is 0 Å². The highest BCUT2D eigenvalue weighted by Crippen LogP contribution is 2.26. The van der Waals surface area contributed by atoms with E-state index in [0.717, 1.165) is 6.42 Å². The molecule has 0 bridgehead atoms. The van der Waals surface area contributed by atoms with Gasteiger partial charge in [-0.2, -0.15) is 0 Å². The highest BCUT2D eigenvalue weighted by molar-refractivity contribution is 5.78. The van der Waals surface area contributed by atoms with Crippen molar-refractivity contribution < 1.29 is 15.0 Å². The quantitative estimate of drug-likeness (QED) is 0.612. The first-order valence-corrected chi connectivity index (χ1v) is 6.36. The number of aliphatic hydroxyl groups excluding tert-OH is 1. The lowest BCUT2D eigenvalue weighted by Crippen LogP contribution is -2.61. The van der Waals surface area contributed by atoms with Crippen molar-refractivity contribution in [3.63, 3.8) is 0 Å². The van der Waals surface area contributed by atoms with Gasteiger partial charge in [-0.05, 0) is 32.6 Å². The molecule has 0 aliphatic rings. The van der Waals surface area contributed by atoms with Crippen LogP contribution in [0.15, 0.2) is 0 Å². The van der Waals surface area contributed by atoms with Crippen LogP contribution in [0.2, 0.25) is 0 Å². The second-order valence-corrected chi connectivity index (χ2v) is 5.63. The van der Waals surface area contributed by atoms with Crippen molar-refractivity contribution in [1.82, 2.24) is 5.32 Å². The SMILES string of the molecule is CCC(C)CC(CC)(NC(C)(C)CO)C(=O)O. The van der Waals surface area contributed by atoms with Crippen LogP contribution in [0.5, 0.6) is 0 Å². The molecule has 0 spiro atoms. The smallest absolute Gasteiger partial charge is 0.323 e. The molecule has 0 aromatic carbocycles. The summed E-state index contributed by atoms with van der Waals surface area (Å²) in [6.07, 6.45) is 2.05. The van der Waals surface area contributed by atoms with Crippen molar-refractivity contribution in [3.8, 4) is 0 Å². The van der Waals surface area contributed by atoms with E-state index in [1.165, 1.54) is 0 Å². The Morgan fingerprint density at radius 1 is 1.35 bits per heavy atom. The van der Waals surface area contributed by atoms with E-state index in [1.807, 2.05) is 20.8 Å². The molecule has 0 saturated heterocycles. The van der Waals surface area contributed by atoms with Crippen LogP contribution in [-0.2, 0) is 4.79 Å². The predicted octanol–water partition coefficient (Wildman–Crippen LogP) is 2.02. The number of carbonyl (C=O) groups is 1. The molecule has 3 N–H and O–H groups in total. The Kier molecular flexibility index (Phi) is 6.13. The first-order chi connectivity index (χ1) is 7.73. The zero-order valence-corrected chi connectivity index (χ0v) is 11.7. The molecule has 0 amide bonds. The first-order valence-electron chi connectivity index (χ1n) is 6.36. The van der Waals surface area contributed by atoms with E-state index in [-0.39, 0.29) is 6.61 Å². The lowest BCUT2D eigenvalue weighted by Gasteiger charge is -2.39. The highest BCUT2D eigenvalue weighted by atomic mass is 16.4. The Morgan fingerprint density at radius 3 is 2.18 bits per heavy atom. The lowest BCUT2D eigenvalue weighted by atomic mass is 9.82. The van der Waals surface area contributed by atoms with Crippen LogP contribution >= 0.6 is 0 Å². The average Bonchev–Trinajstić information content (AvgIpc) is 2.27. The lowest BCUT2D eigenvalue weighted by molar-refractivity contribution is -0.147. The highest BCUT2D eigenvalue weighted by Gasteiger charge is 2.41. The van der Waals surface area contributed by atoms with E-state index in [0.29, 0.717) is 18.8 Å². The minimum absolute atomic E-state index is 0.0808. The third-order valence-electron chi connectivity index (χ3n) is 3.38. The summed E-state index contributed by atoms with van der Waals surface area (Å²) >= 11 is 0. The van der Waals surface area contributed by atoms with Gasteiger partial charge < -0.3 is 10.2 Å². The minimum Gasteiger partial charge on any atom is -0.480 e. The molecule has 0 aromatic rings. The molecule has 0 radical (unpaired) electrons. The van der Waals surface area contributed by atoms with Crippen LogP contribution in [0.3, 0.4) is 0 Å². The number of hydrogen-bond acceptors (Lipinski definition) is 3. The Morgan fingerprint density at radius 2 is 1.88 bits per heavy atom. The van der Waals surface area contributed by atoms with Gasteiger partial charge in [0.25, 0.3) is 0 Å². The summed E-state index contributed by atoms with van der Waals surface area (Å²) in [5.74, 6) is -0.491. The fraction of sp³-hybridized carbons (Fsp3) is 0.923. The molecular formula is C13H27NO3. The van der Waals surface area contributed by atoms with Gasteiger partial charge in [0.05, 0.1) is 6.61 Å². The van der Waals surface area contributed by atoms with E-state index >= 15 is 0 Å². The van der Waals surface area contributed by atoms with Crippen molar-refractivity contribution in [2.24, 2.45) is 5.92 Å². The van der Waals surface area contributed by atoms with Crippen LogP contribution in [0.25, 0.3) is 0 Å². The Hall–Kier alpha value is -0.610. The third kappa shape index (κ3) is 4.64. The average molecular weight is 245 g/mol. The van der Waals surface area contributed by atoms with Gasteiger partial charge in [0.1, 0.15) is 5.54 Å². The third-order valence-corrected chi connectivity index (χ3v) is 3.38. The van der Waals surface area contributed by atoms with Crippen molar-refractivity contribution in [3.05, 3.63) is 0 Å². The molecule has 102 valence electrons. The van der Waals surface area contributed by atoms with Gasteiger partial charge in [-0.3, -0.25) is 10.1 Å². The number of aliphatic hydroxyl groups is 1. The van der Waals surface area contributed by atoms with E-state index in [9.17, 15) is 15.0 Å². The first kappa shape index (κ1) is 16.4. The zero-order valence-electron chi connectivity index (χ0n) is 11.7. The van der Waals surface area contributed by atoms with Crippen LogP contribution in [0.1, 0.15) is 53.9 Å². The van der Waals surface area contributed by atoms with Crippen molar-refractivity contribution in [2.45, 2.75) is 65.0 Å². The molecule has 0 aliphatic heterocycles. The monoisotopic (exact) mass is 245 g/mol. The van der Waals surface area contributed by atoms with Gasteiger partial charge in [0, 0.05) is 5.54 Å². The molecule has 17 heavy (non-hydrogen) atoms. The topological polar surface area (TPSA) is 69.6 Å². The maximum atomic E-state index is 11.6. The van der Waals surface area contributed by atoms with Gasteiger partial charge in [-0.25, -0.2) is 0 Å². The second-order valence-electron chi connectivity index (χ2n) is 5.63. The van der Waals surface area contributed by atoms with Crippen molar-refractivity contribution >= 4 is 5.97 Å². The van der Waals surface area contributed by atoms with Crippen LogP contribution in [0.4, 0.5) is 0 Å². The number of aliphatic carboxylic acids is 1. The molecule has 0 aliphatic carbocycles. The second kappa shape index (κ2) is 6.36. The largest absolute Gasteiger partial charge is 0.480 e. The van der Waals surface area contributed by atoms with Gasteiger partial charge in [-0.1, -0.05) is 27.2 Å². The van der Waals surface area contributed by atoms with Crippen LogP contribution in [-0.4, -0.2) is 33.9 Å². The summed E-state index contributed by atoms with van der Waals surface area (Å²) in [6, 6.07) is 0. The number of carboxylic acids is 1. The number of hydrogen-bond donors (Lipinski definition) is 3. The van der Waals surface area contributed by atoms with E-state index in [4.69, 9.17) is 0 Å². The zero-order chi connectivity index (χ0) is 13.7. The fourth-order valence-corrected chi connectivity index (χ4v) is 2.00. The maximum absolute atomic E-state index is 11.6. The summed E-state index contributed by atoms with van der Waals surface area (Å²) in [4.78, 5) is 11.6. The maximum Gasteiger partial charge on any atom is 0.323 e. The molecule has 0 fully saturated rings. The van der Waals surface area contributed by atoms with Gasteiger partial charge >= 0.3 is 5.97 Å².